The van der Waals surface area contributed by atoms with Crippen LogP contribution in [0.4, 0.5) is 8.78 Å². The minimum atomic E-state index is -2.25. The fourth-order valence-electron chi connectivity index (χ4n) is 4.33. The molecule has 1 fully saturated rings. The van der Waals surface area contributed by atoms with E-state index in [2.05, 4.69) is 39.9 Å². The van der Waals surface area contributed by atoms with E-state index in [9.17, 15) is 8.78 Å². The Labute approximate surface area is 202 Å². The summed E-state index contributed by atoms with van der Waals surface area (Å²) >= 11 is 0. The topological polar surface area (TPSA) is 48.9 Å². The molecule has 0 aromatic heterocycles. The van der Waals surface area contributed by atoms with Crippen LogP contribution in [-0.4, -0.2) is 62.7 Å². The number of guanidine groups is 1. The highest BCUT2D eigenvalue weighted by Crippen LogP contribution is 2.32. The molecule has 1 aliphatic carbocycles. The predicted molar refractivity (Wildman–Crippen MR) is 133 cm³/mol. The Bertz CT molecular complexity index is 669. The molecule has 5 nitrogen and oxygen atoms in total. The maximum absolute atomic E-state index is 12.5. The fraction of sp³-hybridized carbons (Fsp3) is 0.696. The van der Waals surface area contributed by atoms with Crippen molar-refractivity contribution in [3.63, 3.8) is 0 Å². The molecule has 0 saturated carbocycles. The maximum Gasteiger partial charge on any atom is 0.251 e. The first-order valence-electron chi connectivity index (χ1n) is 11.4. The molecule has 1 heterocycles. The molecule has 1 aromatic rings. The third-order valence-electron chi connectivity index (χ3n) is 5.87. The Morgan fingerprint density at radius 1 is 1.23 bits per heavy atom. The third kappa shape index (κ3) is 8.81. The Morgan fingerprint density at radius 3 is 2.74 bits per heavy atom. The number of nitrogens with one attached hydrogen (secondary N) is 2. The minimum absolute atomic E-state index is 0. The van der Waals surface area contributed by atoms with E-state index in [1.807, 2.05) is 11.8 Å². The molecular formula is C23H37F2IN4O. The van der Waals surface area contributed by atoms with Gasteiger partial charge in [-0.2, -0.15) is 0 Å². The molecule has 2 N–H and O–H groups in total. The number of alkyl halides is 2. The normalized spacial score (nSPS) is 20.3. The highest BCUT2D eigenvalue weighted by Gasteiger charge is 2.22. The average molecular weight is 550 g/mol. The van der Waals surface area contributed by atoms with Gasteiger partial charge >= 0.3 is 0 Å². The number of benzene rings is 1. The van der Waals surface area contributed by atoms with Crippen molar-refractivity contribution in [3.8, 4) is 0 Å². The molecule has 31 heavy (non-hydrogen) atoms. The minimum Gasteiger partial charge on any atom is -0.373 e. The van der Waals surface area contributed by atoms with Crippen LogP contribution >= 0.6 is 24.0 Å². The SMILES string of the molecule is CCNC(=NCCCOC1CCCc2ccccc21)NC1CCN(CC(F)F)CC1.I. The Hall–Kier alpha value is -1.00. The number of fused-ring (bicyclic) bond motifs is 1. The standard InChI is InChI=1S/C23H36F2N4O.HI/c1-2-26-23(28-19-11-14-29(15-12-19)17-22(24)25)27-13-6-16-30-21-10-5-8-18-7-3-4-9-20(18)21;/h3-4,7,9,19,21-22H,2,5-6,8,10-17H2,1H3,(H2,26,27,28);1H. The van der Waals surface area contributed by atoms with Crippen LogP contribution in [0.1, 0.15) is 56.3 Å². The molecule has 3 rings (SSSR count). The van der Waals surface area contributed by atoms with E-state index in [1.54, 1.807) is 0 Å². The second-order valence-electron chi connectivity index (χ2n) is 8.17. The molecule has 1 aliphatic heterocycles. The van der Waals surface area contributed by atoms with Gasteiger partial charge in [-0.1, -0.05) is 24.3 Å². The van der Waals surface area contributed by atoms with Gasteiger partial charge in [-0.15, -0.1) is 24.0 Å². The lowest BCUT2D eigenvalue weighted by atomic mass is 9.89. The molecule has 1 atom stereocenters. The van der Waals surface area contributed by atoms with E-state index < -0.39 is 6.43 Å². The van der Waals surface area contributed by atoms with Crippen molar-refractivity contribution in [1.29, 1.82) is 0 Å². The molecule has 0 radical (unpaired) electrons. The van der Waals surface area contributed by atoms with Crippen molar-refractivity contribution >= 4 is 29.9 Å². The summed E-state index contributed by atoms with van der Waals surface area (Å²) in [6, 6.07) is 8.88. The van der Waals surface area contributed by atoms with Crippen LogP contribution in [0.2, 0.25) is 0 Å². The summed E-state index contributed by atoms with van der Waals surface area (Å²) in [5.41, 5.74) is 2.77. The van der Waals surface area contributed by atoms with Crippen LogP contribution in [0.25, 0.3) is 0 Å². The van der Waals surface area contributed by atoms with Crippen LogP contribution in [0.5, 0.6) is 0 Å². The van der Waals surface area contributed by atoms with Crippen molar-refractivity contribution < 1.29 is 13.5 Å². The highest BCUT2D eigenvalue weighted by molar-refractivity contribution is 14.0. The predicted octanol–water partition coefficient (Wildman–Crippen LogP) is 4.37. The van der Waals surface area contributed by atoms with E-state index in [0.717, 1.165) is 44.6 Å². The summed E-state index contributed by atoms with van der Waals surface area (Å²) in [5.74, 6) is 0.813. The number of aliphatic imine (C=N–C) groups is 1. The van der Waals surface area contributed by atoms with Crippen molar-refractivity contribution in [3.05, 3.63) is 35.4 Å². The number of hydrogen-bond donors (Lipinski definition) is 2. The van der Waals surface area contributed by atoms with Gasteiger partial charge in [0.1, 0.15) is 0 Å². The zero-order valence-electron chi connectivity index (χ0n) is 18.5. The van der Waals surface area contributed by atoms with Gasteiger partial charge in [-0.25, -0.2) is 8.78 Å². The molecule has 2 aliphatic rings. The first-order valence-corrected chi connectivity index (χ1v) is 11.4. The fourth-order valence-corrected chi connectivity index (χ4v) is 4.33. The second-order valence-corrected chi connectivity index (χ2v) is 8.17. The van der Waals surface area contributed by atoms with Crippen LogP contribution in [0.15, 0.2) is 29.3 Å². The summed E-state index contributed by atoms with van der Waals surface area (Å²) in [7, 11) is 0. The summed E-state index contributed by atoms with van der Waals surface area (Å²) in [6.07, 6.45) is 3.99. The lowest BCUT2D eigenvalue weighted by Crippen LogP contribution is -2.49. The number of likely N-dealkylation sites (tertiary alicyclic amines) is 1. The monoisotopic (exact) mass is 550 g/mol. The highest BCUT2D eigenvalue weighted by atomic mass is 127. The molecule has 176 valence electrons. The van der Waals surface area contributed by atoms with Crippen LogP contribution in [0.3, 0.4) is 0 Å². The Morgan fingerprint density at radius 2 is 2.00 bits per heavy atom. The van der Waals surface area contributed by atoms with Gasteiger partial charge in [0.15, 0.2) is 5.96 Å². The lowest BCUT2D eigenvalue weighted by Gasteiger charge is -2.32. The van der Waals surface area contributed by atoms with Gasteiger partial charge in [0.05, 0.1) is 12.6 Å². The van der Waals surface area contributed by atoms with E-state index in [4.69, 9.17) is 4.74 Å². The van der Waals surface area contributed by atoms with Gasteiger partial charge in [0, 0.05) is 38.8 Å². The number of ether oxygens (including phenoxy) is 1. The largest absolute Gasteiger partial charge is 0.373 e. The zero-order valence-corrected chi connectivity index (χ0v) is 20.8. The van der Waals surface area contributed by atoms with E-state index >= 15 is 0 Å². The average Bonchev–Trinajstić information content (AvgIpc) is 2.74. The Balaban J connectivity index is 0.00000341. The first-order chi connectivity index (χ1) is 14.7. The summed E-state index contributed by atoms with van der Waals surface area (Å²) in [6.45, 7) is 5.54. The molecule has 8 heteroatoms. The van der Waals surface area contributed by atoms with Crippen LogP contribution in [0, 0.1) is 0 Å². The lowest BCUT2D eigenvalue weighted by molar-refractivity contribution is 0.0402. The molecule has 1 unspecified atom stereocenters. The van der Waals surface area contributed by atoms with Crippen molar-refractivity contribution in [2.75, 3.05) is 39.3 Å². The van der Waals surface area contributed by atoms with Crippen LogP contribution in [-0.2, 0) is 11.2 Å². The molecule has 1 saturated heterocycles. The van der Waals surface area contributed by atoms with Crippen LogP contribution < -0.4 is 10.6 Å². The van der Waals surface area contributed by atoms with Gasteiger partial charge in [-0.05, 0) is 56.6 Å². The first kappa shape index (κ1) is 26.3. The molecular weight excluding hydrogens is 513 g/mol. The molecule has 0 amide bonds. The van der Waals surface area contributed by atoms with Gasteiger partial charge in [0.25, 0.3) is 6.43 Å². The van der Waals surface area contributed by atoms with Gasteiger partial charge in [-0.3, -0.25) is 9.89 Å². The van der Waals surface area contributed by atoms with Gasteiger partial charge in [0.2, 0.25) is 0 Å². The van der Waals surface area contributed by atoms with Crippen molar-refractivity contribution in [1.82, 2.24) is 15.5 Å². The van der Waals surface area contributed by atoms with E-state index in [1.165, 1.54) is 17.5 Å². The number of nitrogens with zero attached hydrogens (tertiary/aromatic N) is 2. The summed E-state index contributed by atoms with van der Waals surface area (Å²) < 4.78 is 31.2. The van der Waals surface area contributed by atoms with Crippen molar-refractivity contribution in [2.45, 2.75) is 64.0 Å². The number of hydrogen-bond acceptors (Lipinski definition) is 3. The van der Waals surface area contributed by atoms with Crippen molar-refractivity contribution in [2.24, 2.45) is 4.99 Å². The third-order valence-corrected chi connectivity index (χ3v) is 5.87. The smallest absolute Gasteiger partial charge is 0.251 e. The number of aryl methyl sites for hydroxylation is 1. The molecule has 1 aromatic carbocycles. The molecule has 0 bridgehead atoms. The number of halogens is 3. The summed E-state index contributed by atoms with van der Waals surface area (Å²) in [5, 5.41) is 6.76. The van der Waals surface area contributed by atoms with E-state index in [-0.39, 0.29) is 42.7 Å². The Kier molecular flexibility index (Phi) is 12.0. The second kappa shape index (κ2) is 14.2. The summed E-state index contributed by atoms with van der Waals surface area (Å²) in [4.78, 5) is 6.52. The number of rotatable bonds is 9. The quantitative estimate of drug-likeness (QED) is 0.208. The zero-order chi connectivity index (χ0) is 21.2. The van der Waals surface area contributed by atoms with E-state index in [0.29, 0.717) is 26.2 Å². The maximum atomic E-state index is 12.5. The molecule has 0 spiro atoms. The van der Waals surface area contributed by atoms with Gasteiger partial charge < -0.3 is 15.4 Å². The number of piperidine rings is 1.